The van der Waals surface area contributed by atoms with Crippen LogP contribution in [-0.2, 0) is 16.1 Å². The van der Waals surface area contributed by atoms with Gasteiger partial charge >= 0.3 is 0 Å². The molecule has 19 heavy (non-hydrogen) atoms. The van der Waals surface area contributed by atoms with E-state index in [1.807, 2.05) is 43.0 Å². The zero-order valence-corrected chi connectivity index (χ0v) is 12.1. The minimum atomic E-state index is 0.162. The van der Waals surface area contributed by atoms with Gasteiger partial charge in [-0.25, -0.2) is 0 Å². The largest absolute Gasteiger partial charge is 0.399 e. The fourth-order valence-electron chi connectivity index (χ4n) is 1.96. The maximum Gasteiger partial charge on any atom is 0.223 e. The van der Waals surface area contributed by atoms with E-state index < -0.39 is 0 Å². The summed E-state index contributed by atoms with van der Waals surface area (Å²) in [6.07, 6.45) is 1.28. The zero-order valence-electron chi connectivity index (χ0n) is 12.1. The summed E-state index contributed by atoms with van der Waals surface area (Å²) in [7, 11) is 1.65. The van der Waals surface area contributed by atoms with Crippen LogP contribution in [0.25, 0.3) is 0 Å². The number of hydrogen-bond donors (Lipinski definition) is 1. The molecular weight excluding hydrogens is 240 g/mol. The van der Waals surface area contributed by atoms with Crippen molar-refractivity contribution in [2.45, 2.75) is 39.3 Å². The SMILES string of the molecule is COCCCC(=O)N(Cc1cccc(N)c1)C(C)C. The Kier molecular flexibility index (Phi) is 6.36. The maximum absolute atomic E-state index is 12.2. The first kappa shape index (κ1) is 15.5. The summed E-state index contributed by atoms with van der Waals surface area (Å²) >= 11 is 0. The highest BCUT2D eigenvalue weighted by atomic mass is 16.5. The monoisotopic (exact) mass is 264 g/mol. The maximum atomic E-state index is 12.2. The van der Waals surface area contributed by atoms with Crippen LogP contribution in [-0.4, -0.2) is 30.6 Å². The number of amides is 1. The third-order valence-electron chi connectivity index (χ3n) is 2.99. The van der Waals surface area contributed by atoms with Crippen LogP contribution in [0.15, 0.2) is 24.3 Å². The van der Waals surface area contributed by atoms with E-state index in [1.54, 1.807) is 7.11 Å². The number of rotatable bonds is 7. The molecule has 0 aromatic heterocycles. The van der Waals surface area contributed by atoms with Gasteiger partial charge in [0.05, 0.1) is 0 Å². The molecule has 0 aliphatic carbocycles. The lowest BCUT2D eigenvalue weighted by Crippen LogP contribution is -2.36. The van der Waals surface area contributed by atoms with E-state index in [0.717, 1.165) is 17.7 Å². The molecule has 0 bridgehead atoms. The molecule has 2 N–H and O–H groups in total. The highest BCUT2D eigenvalue weighted by molar-refractivity contribution is 5.76. The summed E-state index contributed by atoms with van der Waals surface area (Å²) in [4.78, 5) is 14.1. The van der Waals surface area contributed by atoms with Crippen molar-refractivity contribution >= 4 is 11.6 Å². The van der Waals surface area contributed by atoms with Crippen molar-refractivity contribution in [1.29, 1.82) is 0 Å². The molecule has 0 saturated heterocycles. The van der Waals surface area contributed by atoms with Crippen LogP contribution in [0.5, 0.6) is 0 Å². The number of benzene rings is 1. The van der Waals surface area contributed by atoms with Gasteiger partial charge in [-0.1, -0.05) is 12.1 Å². The number of carbonyl (C=O) groups excluding carboxylic acids is 1. The van der Waals surface area contributed by atoms with Gasteiger partial charge in [0.1, 0.15) is 0 Å². The third-order valence-corrected chi connectivity index (χ3v) is 2.99. The second kappa shape index (κ2) is 7.79. The lowest BCUT2D eigenvalue weighted by molar-refractivity contribution is -0.133. The van der Waals surface area contributed by atoms with E-state index in [4.69, 9.17) is 10.5 Å². The van der Waals surface area contributed by atoms with Gasteiger partial charge in [0.2, 0.25) is 5.91 Å². The van der Waals surface area contributed by atoms with E-state index in [1.165, 1.54) is 0 Å². The van der Waals surface area contributed by atoms with Gasteiger partial charge in [-0.3, -0.25) is 4.79 Å². The van der Waals surface area contributed by atoms with E-state index in [2.05, 4.69) is 0 Å². The standard InChI is InChI=1S/C15H24N2O2/c1-12(2)17(15(18)8-5-9-19-3)11-13-6-4-7-14(16)10-13/h4,6-7,10,12H,5,8-9,11,16H2,1-3H3. The highest BCUT2D eigenvalue weighted by Gasteiger charge is 2.16. The molecule has 106 valence electrons. The van der Waals surface area contributed by atoms with Gasteiger partial charge in [0.15, 0.2) is 0 Å². The first-order valence-corrected chi connectivity index (χ1v) is 6.67. The zero-order chi connectivity index (χ0) is 14.3. The van der Waals surface area contributed by atoms with Gasteiger partial charge in [-0.15, -0.1) is 0 Å². The number of carbonyl (C=O) groups is 1. The summed E-state index contributed by atoms with van der Waals surface area (Å²) in [6, 6.07) is 7.85. The molecule has 4 nitrogen and oxygen atoms in total. The number of anilines is 1. The van der Waals surface area contributed by atoms with Gasteiger partial charge in [0, 0.05) is 38.4 Å². The molecule has 1 aromatic rings. The third kappa shape index (κ3) is 5.30. The number of nitrogens with two attached hydrogens (primary N) is 1. The Morgan fingerprint density at radius 3 is 2.74 bits per heavy atom. The highest BCUT2D eigenvalue weighted by Crippen LogP contribution is 2.13. The predicted molar refractivity (Wildman–Crippen MR) is 77.7 cm³/mol. The van der Waals surface area contributed by atoms with Crippen molar-refractivity contribution in [2.75, 3.05) is 19.5 Å². The second-order valence-corrected chi connectivity index (χ2v) is 4.96. The quantitative estimate of drug-likeness (QED) is 0.608. The molecule has 0 spiro atoms. The molecule has 1 rings (SSSR count). The summed E-state index contributed by atoms with van der Waals surface area (Å²) in [5.41, 5.74) is 7.56. The topological polar surface area (TPSA) is 55.6 Å². The van der Waals surface area contributed by atoms with Crippen molar-refractivity contribution in [3.63, 3.8) is 0 Å². The van der Waals surface area contributed by atoms with Crippen LogP contribution >= 0.6 is 0 Å². The number of hydrogen-bond acceptors (Lipinski definition) is 3. The fraction of sp³-hybridized carbons (Fsp3) is 0.533. The molecule has 1 amide bonds. The molecule has 0 aliphatic heterocycles. The fourth-order valence-corrected chi connectivity index (χ4v) is 1.96. The Morgan fingerprint density at radius 2 is 2.16 bits per heavy atom. The predicted octanol–water partition coefficient (Wildman–Crippen LogP) is 2.43. The Morgan fingerprint density at radius 1 is 1.42 bits per heavy atom. The van der Waals surface area contributed by atoms with Crippen LogP contribution in [0.1, 0.15) is 32.3 Å². The van der Waals surface area contributed by atoms with Crippen LogP contribution < -0.4 is 5.73 Å². The van der Waals surface area contributed by atoms with Gasteiger partial charge < -0.3 is 15.4 Å². The van der Waals surface area contributed by atoms with E-state index >= 15 is 0 Å². The minimum absolute atomic E-state index is 0.162. The second-order valence-electron chi connectivity index (χ2n) is 4.96. The van der Waals surface area contributed by atoms with Crippen LogP contribution in [0.3, 0.4) is 0 Å². The Labute approximate surface area is 115 Å². The number of nitrogen functional groups attached to an aromatic ring is 1. The van der Waals surface area contributed by atoms with Crippen molar-refractivity contribution in [2.24, 2.45) is 0 Å². The van der Waals surface area contributed by atoms with Crippen molar-refractivity contribution in [3.8, 4) is 0 Å². The normalized spacial score (nSPS) is 10.7. The minimum Gasteiger partial charge on any atom is -0.399 e. The van der Waals surface area contributed by atoms with Gasteiger partial charge in [0.25, 0.3) is 0 Å². The number of nitrogens with zero attached hydrogens (tertiary/aromatic N) is 1. The van der Waals surface area contributed by atoms with Gasteiger partial charge in [-0.05, 0) is 38.0 Å². The molecule has 0 heterocycles. The lowest BCUT2D eigenvalue weighted by Gasteiger charge is -2.27. The Hall–Kier alpha value is -1.55. The molecule has 1 aromatic carbocycles. The van der Waals surface area contributed by atoms with E-state index in [0.29, 0.717) is 19.6 Å². The summed E-state index contributed by atoms with van der Waals surface area (Å²) in [5, 5.41) is 0. The molecular formula is C15H24N2O2. The number of methoxy groups -OCH3 is 1. The summed E-state index contributed by atoms with van der Waals surface area (Å²) in [6.45, 7) is 5.28. The molecule has 0 atom stereocenters. The summed E-state index contributed by atoms with van der Waals surface area (Å²) < 4.78 is 4.98. The van der Waals surface area contributed by atoms with E-state index in [-0.39, 0.29) is 11.9 Å². The van der Waals surface area contributed by atoms with Gasteiger partial charge in [-0.2, -0.15) is 0 Å². The van der Waals surface area contributed by atoms with E-state index in [9.17, 15) is 4.79 Å². The summed E-state index contributed by atoms with van der Waals surface area (Å²) in [5.74, 6) is 0.162. The van der Waals surface area contributed by atoms with Crippen LogP contribution in [0.4, 0.5) is 5.69 Å². The Balaban J connectivity index is 2.64. The smallest absolute Gasteiger partial charge is 0.223 e. The van der Waals surface area contributed by atoms with Crippen molar-refractivity contribution in [3.05, 3.63) is 29.8 Å². The molecule has 0 unspecified atom stereocenters. The van der Waals surface area contributed by atoms with Crippen molar-refractivity contribution < 1.29 is 9.53 Å². The van der Waals surface area contributed by atoms with Crippen molar-refractivity contribution in [1.82, 2.24) is 4.90 Å². The lowest BCUT2D eigenvalue weighted by atomic mass is 10.1. The first-order chi connectivity index (χ1) is 9.04. The molecule has 0 saturated carbocycles. The number of ether oxygens (including phenoxy) is 1. The average molecular weight is 264 g/mol. The van der Waals surface area contributed by atoms with Crippen LogP contribution in [0.2, 0.25) is 0 Å². The molecule has 0 fully saturated rings. The first-order valence-electron chi connectivity index (χ1n) is 6.67. The molecule has 0 radical (unpaired) electrons. The average Bonchev–Trinajstić information content (AvgIpc) is 2.36. The van der Waals surface area contributed by atoms with Crippen LogP contribution in [0, 0.1) is 0 Å². The molecule has 4 heteroatoms. The Bertz CT molecular complexity index is 405. The molecule has 0 aliphatic rings.